The Morgan fingerprint density at radius 2 is 2.18 bits per heavy atom. The number of halogens is 2. The zero-order valence-electron chi connectivity index (χ0n) is 12.5. The van der Waals surface area contributed by atoms with Crippen LogP contribution in [0.5, 0.6) is 0 Å². The molecule has 0 bridgehead atoms. The van der Waals surface area contributed by atoms with E-state index in [4.69, 9.17) is 14.2 Å². The Balaban J connectivity index is 1.52. The number of carbonyl (C=O) groups is 1. The maximum Gasteiger partial charge on any atom is 0.309 e. The van der Waals surface area contributed by atoms with Crippen molar-refractivity contribution in [3.8, 4) is 0 Å². The van der Waals surface area contributed by atoms with Gasteiger partial charge in [-0.15, -0.1) is 0 Å². The third kappa shape index (κ3) is 3.28. The van der Waals surface area contributed by atoms with Crippen molar-refractivity contribution < 1.29 is 27.8 Å². The lowest BCUT2D eigenvalue weighted by atomic mass is 10.1. The summed E-state index contributed by atoms with van der Waals surface area (Å²) < 4.78 is 43.0. The highest BCUT2D eigenvalue weighted by atomic mass is 19.1. The molecule has 1 saturated carbocycles. The molecule has 3 atom stereocenters. The maximum atomic E-state index is 13.7. The van der Waals surface area contributed by atoms with Crippen LogP contribution in [0.15, 0.2) is 18.2 Å². The third-order valence-electron chi connectivity index (χ3n) is 3.93. The molecule has 1 aliphatic carbocycles. The number of ether oxygens (including phenoxy) is 3. The predicted molar refractivity (Wildman–Crippen MR) is 73.1 cm³/mol. The Bertz CT molecular complexity index is 588. The Morgan fingerprint density at radius 3 is 2.86 bits per heavy atom. The average Bonchev–Trinajstić information content (AvgIpc) is 3.17. The van der Waals surface area contributed by atoms with Crippen molar-refractivity contribution in [1.29, 1.82) is 0 Å². The van der Waals surface area contributed by atoms with Gasteiger partial charge >= 0.3 is 5.97 Å². The molecule has 1 heterocycles. The van der Waals surface area contributed by atoms with Gasteiger partial charge in [-0.1, -0.05) is 0 Å². The minimum atomic E-state index is -0.663. The van der Waals surface area contributed by atoms with E-state index in [1.54, 1.807) is 13.8 Å². The normalized spacial score (nSPS) is 29.4. The van der Waals surface area contributed by atoms with E-state index in [1.807, 2.05) is 0 Å². The van der Waals surface area contributed by atoms with Gasteiger partial charge in [-0.2, -0.15) is 0 Å². The van der Waals surface area contributed by atoms with E-state index in [2.05, 4.69) is 0 Å². The van der Waals surface area contributed by atoms with Crippen LogP contribution in [0.2, 0.25) is 0 Å². The first kappa shape index (κ1) is 15.4. The first-order chi connectivity index (χ1) is 10.4. The minimum Gasteiger partial charge on any atom is -0.463 e. The number of benzene rings is 1. The first-order valence-corrected chi connectivity index (χ1v) is 7.29. The monoisotopic (exact) mass is 312 g/mol. The van der Waals surface area contributed by atoms with Gasteiger partial charge in [-0.3, -0.25) is 4.79 Å². The van der Waals surface area contributed by atoms with E-state index in [0.29, 0.717) is 13.0 Å². The zero-order chi connectivity index (χ0) is 15.9. The van der Waals surface area contributed by atoms with Gasteiger partial charge in [0, 0.05) is 5.92 Å². The molecule has 0 aromatic heterocycles. The van der Waals surface area contributed by atoms with Crippen molar-refractivity contribution >= 4 is 5.97 Å². The van der Waals surface area contributed by atoms with E-state index in [1.165, 1.54) is 0 Å². The molecule has 1 aromatic carbocycles. The molecule has 0 N–H and O–H groups in total. The van der Waals surface area contributed by atoms with Crippen molar-refractivity contribution in [3.63, 3.8) is 0 Å². The van der Waals surface area contributed by atoms with Crippen molar-refractivity contribution in [2.45, 2.75) is 38.1 Å². The molecule has 120 valence electrons. The number of carbonyl (C=O) groups excluding carboxylic acids is 1. The van der Waals surface area contributed by atoms with E-state index in [0.717, 1.165) is 18.2 Å². The standard InChI is InChI=1S/C16H18F2O4/c1-16(2)21-8-10(22-16)7-20-15(19)13-6-11(13)12-5-9(17)3-4-14(12)18/h3-5,10-11,13H,6-8H2,1-2H3/t10-,11+,13+/m0/s1. The minimum absolute atomic E-state index is 0.108. The van der Waals surface area contributed by atoms with Crippen LogP contribution in [0.4, 0.5) is 8.78 Å². The summed E-state index contributed by atoms with van der Waals surface area (Å²) in [5.74, 6) is -2.77. The zero-order valence-corrected chi connectivity index (χ0v) is 12.5. The number of rotatable bonds is 4. The van der Waals surface area contributed by atoms with Gasteiger partial charge in [0.2, 0.25) is 0 Å². The smallest absolute Gasteiger partial charge is 0.309 e. The highest BCUT2D eigenvalue weighted by molar-refractivity contribution is 5.77. The summed E-state index contributed by atoms with van der Waals surface area (Å²) in [4.78, 5) is 12.0. The van der Waals surface area contributed by atoms with Crippen molar-refractivity contribution in [1.82, 2.24) is 0 Å². The second-order valence-corrected chi connectivity index (χ2v) is 6.20. The van der Waals surface area contributed by atoms with Crippen LogP contribution < -0.4 is 0 Å². The lowest BCUT2D eigenvalue weighted by molar-refractivity contribution is -0.159. The molecule has 0 unspecified atom stereocenters. The number of esters is 1. The Labute approximate surface area is 127 Å². The third-order valence-corrected chi connectivity index (χ3v) is 3.93. The molecule has 2 aliphatic rings. The summed E-state index contributed by atoms with van der Waals surface area (Å²) >= 11 is 0. The molecule has 4 nitrogen and oxygen atoms in total. The molecule has 1 aromatic rings. The highest BCUT2D eigenvalue weighted by Gasteiger charge is 2.47. The largest absolute Gasteiger partial charge is 0.463 e. The summed E-state index contributed by atoms with van der Waals surface area (Å²) in [5.41, 5.74) is 0.239. The Morgan fingerprint density at radius 1 is 1.41 bits per heavy atom. The summed E-state index contributed by atoms with van der Waals surface area (Å²) in [6.45, 7) is 4.06. The second kappa shape index (κ2) is 5.59. The maximum absolute atomic E-state index is 13.7. The van der Waals surface area contributed by atoms with Gasteiger partial charge in [0.1, 0.15) is 24.3 Å². The SMILES string of the molecule is CC1(C)OC[C@H](COC(=O)[C@@H]2C[C@@H]2c2cc(F)ccc2F)O1. The molecule has 0 spiro atoms. The molecule has 2 fully saturated rings. The van der Waals surface area contributed by atoms with Gasteiger partial charge in [-0.05, 0) is 44.0 Å². The van der Waals surface area contributed by atoms with Crippen LogP contribution in [0.1, 0.15) is 31.7 Å². The van der Waals surface area contributed by atoms with Crippen LogP contribution in [0.25, 0.3) is 0 Å². The quantitative estimate of drug-likeness (QED) is 0.802. The first-order valence-electron chi connectivity index (χ1n) is 7.29. The molecule has 1 saturated heterocycles. The number of hydrogen-bond donors (Lipinski definition) is 0. The summed E-state index contributed by atoms with van der Waals surface area (Å²) in [7, 11) is 0. The van der Waals surface area contributed by atoms with Crippen LogP contribution in [0, 0.1) is 17.6 Å². The van der Waals surface area contributed by atoms with E-state index in [9.17, 15) is 13.6 Å². The Kier molecular flexibility index (Phi) is 3.91. The second-order valence-electron chi connectivity index (χ2n) is 6.20. The van der Waals surface area contributed by atoms with Gasteiger partial charge in [0.25, 0.3) is 0 Å². The van der Waals surface area contributed by atoms with Crippen LogP contribution in [0.3, 0.4) is 0 Å². The van der Waals surface area contributed by atoms with Crippen LogP contribution in [-0.4, -0.2) is 31.1 Å². The van der Waals surface area contributed by atoms with Gasteiger partial charge in [0.15, 0.2) is 5.79 Å². The van der Waals surface area contributed by atoms with E-state index < -0.39 is 29.3 Å². The summed E-state index contributed by atoms with van der Waals surface area (Å²) in [6, 6.07) is 3.29. The molecular weight excluding hydrogens is 294 g/mol. The topological polar surface area (TPSA) is 44.8 Å². The van der Waals surface area contributed by atoms with Gasteiger partial charge in [0.05, 0.1) is 12.5 Å². The van der Waals surface area contributed by atoms with Crippen molar-refractivity contribution in [2.75, 3.05) is 13.2 Å². The van der Waals surface area contributed by atoms with E-state index in [-0.39, 0.29) is 24.2 Å². The molecule has 6 heteroatoms. The van der Waals surface area contributed by atoms with Gasteiger partial charge in [-0.25, -0.2) is 8.78 Å². The molecule has 3 rings (SSSR count). The Hall–Kier alpha value is -1.53. The fourth-order valence-corrected chi connectivity index (χ4v) is 2.73. The molecule has 0 radical (unpaired) electrons. The molecular formula is C16H18F2O4. The molecule has 1 aliphatic heterocycles. The fourth-order valence-electron chi connectivity index (χ4n) is 2.73. The van der Waals surface area contributed by atoms with Crippen molar-refractivity contribution in [3.05, 3.63) is 35.4 Å². The summed E-state index contributed by atoms with van der Waals surface area (Å²) in [6.07, 6.45) is 0.189. The summed E-state index contributed by atoms with van der Waals surface area (Å²) in [5, 5.41) is 0. The lowest BCUT2D eigenvalue weighted by Crippen LogP contribution is -2.25. The van der Waals surface area contributed by atoms with E-state index >= 15 is 0 Å². The van der Waals surface area contributed by atoms with Crippen LogP contribution in [-0.2, 0) is 19.0 Å². The molecule has 22 heavy (non-hydrogen) atoms. The number of hydrogen-bond acceptors (Lipinski definition) is 4. The highest BCUT2D eigenvalue weighted by Crippen LogP contribution is 2.49. The molecule has 0 amide bonds. The predicted octanol–water partition coefficient (Wildman–Crippen LogP) is 2.76. The fraction of sp³-hybridized carbons (Fsp3) is 0.562. The van der Waals surface area contributed by atoms with Crippen molar-refractivity contribution in [2.24, 2.45) is 5.92 Å². The lowest BCUT2D eigenvalue weighted by Gasteiger charge is -2.17. The van der Waals surface area contributed by atoms with Gasteiger partial charge < -0.3 is 14.2 Å². The van der Waals surface area contributed by atoms with Crippen LogP contribution >= 0.6 is 0 Å². The average molecular weight is 312 g/mol.